The molecule has 17 atom stereocenters. The van der Waals surface area contributed by atoms with E-state index in [2.05, 4.69) is 71.1 Å². The largest absolute Gasteiger partial charge is 0.504 e. The third-order valence-corrected chi connectivity index (χ3v) is 19.5. The predicted molar refractivity (Wildman–Crippen MR) is 272 cm³/mol. The molecule has 71 heavy (non-hydrogen) atoms. The fourth-order valence-corrected chi connectivity index (χ4v) is 16.4. The summed E-state index contributed by atoms with van der Waals surface area (Å²) in [6, 6.07) is 18.2. The minimum atomic E-state index is -1.33. The van der Waals surface area contributed by atoms with Crippen LogP contribution in [0.2, 0.25) is 0 Å². The molecule has 378 valence electrons. The average molecular weight is 967 g/mol. The van der Waals surface area contributed by atoms with Gasteiger partial charge in [-0.2, -0.15) is 0 Å². The molecule has 1 spiro atoms. The Labute approximate surface area is 418 Å². The van der Waals surface area contributed by atoms with Gasteiger partial charge in [0.2, 0.25) is 0 Å². The van der Waals surface area contributed by atoms with Crippen molar-refractivity contribution < 1.29 is 39.9 Å². The molecule has 1 saturated heterocycles. The second-order valence-corrected chi connectivity index (χ2v) is 23.1. The van der Waals surface area contributed by atoms with Crippen LogP contribution < -0.4 is 26.4 Å². The smallest absolute Gasteiger partial charge is 0.160 e. The van der Waals surface area contributed by atoms with Gasteiger partial charge in [-0.05, 0) is 176 Å². The fourth-order valence-electron chi connectivity index (χ4n) is 16.4. The van der Waals surface area contributed by atoms with E-state index < -0.39 is 35.2 Å². The minimum absolute atomic E-state index is 0.0201. The van der Waals surface area contributed by atoms with E-state index in [9.17, 15) is 35.1 Å². The van der Waals surface area contributed by atoms with Gasteiger partial charge in [-0.1, -0.05) is 67.3 Å². The van der Waals surface area contributed by atoms with Crippen LogP contribution in [0.4, 0.5) is 0 Å². The maximum Gasteiger partial charge on any atom is 0.160 e. The topological polar surface area (TPSA) is 207 Å². The summed E-state index contributed by atoms with van der Waals surface area (Å²) in [5, 5.41) is 73.9. The number of methoxy groups -OCH3 is 1. The van der Waals surface area contributed by atoms with E-state index in [1.807, 2.05) is 18.2 Å². The van der Waals surface area contributed by atoms with Crippen LogP contribution in [-0.4, -0.2) is 99.8 Å². The molecular formula is C59H74N4O8. The normalized spacial score (nSPS) is 37.5. The standard InChI is InChI=1S/C59H74N4O8/c1-3-61-45-14-18-59(70)30-39-21-41(64)27-46-54(39)55-40(31-63-46)22-44(56(45)57(55)59)37-13-17-58(52(69)25-37)16-12-36(43-29-49(67)50(71-2)24-35(43)10-11-51(58)68)23-47(65)48(66)28-42(38-15-19-62-53(60)26-38)34-9-8-32-6-4-5-7-33(32)20-34/h4-9,15,20,24,26,29,36-37,39-40,42,44-48,52,54-57,61-63,65-67,69-70H,3,10-11,13-14,17-19,21-23,25,27-28,30-31,60H2,1-2H3. The summed E-state index contributed by atoms with van der Waals surface area (Å²) in [6.07, 6.45) is 7.17. The second kappa shape index (κ2) is 19.3. The number of phenolic OH excluding ortho intramolecular Hbond substituents is 1. The number of ether oxygens (including phenoxy) is 1. The number of hydrogen-bond acceptors (Lipinski definition) is 12. The zero-order chi connectivity index (χ0) is 49.3. The lowest BCUT2D eigenvalue weighted by Crippen LogP contribution is -2.72. The van der Waals surface area contributed by atoms with E-state index in [4.69, 9.17) is 10.5 Å². The van der Waals surface area contributed by atoms with E-state index in [-0.39, 0.29) is 84.1 Å². The van der Waals surface area contributed by atoms with Crippen LogP contribution in [0, 0.1) is 64.6 Å². The summed E-state index contributed by atoms with van der Waals surface area (Å²) in [5.74, 6) is 8.84. The lowest BCUT2D eigenvalue weighted by atomic mass is 9.40. The first-order chi connectivity index (χ1) is 34.3. The number of phenols is 1. The number of allylic oxidation sites excluding steroid dienone is 2. The number of benzene rings is 3. The van der Waals surface area contributed by atoms with Crippen molar-refractivity contribution in [2.45, 2.75) is 138 Å². The summed E-state index contributed by atoms with van der Waals surface area (Å²) in [5.41, 5.74) is 7.48. The van der Waals surface area contributed by atoms with Gasteiger partial charge in [0.15, 0.2) is 17.3 Å². The summed E-state index contributed by atoms with van der Waals surface area (Å²) >= 11 is 0. The highest BCUT2D eigenvalue weighted by atomic mass is 16.5. The maximum atomic E-state index is 14.8. The van der Waals surface area contributed by atoms with Crippen molar-refractivity contribution in [2.75, 3.05) is 26.7 Å². The molecule has 12 nitrogen and oxygen atoms in total. The number of aryl methyl sites for hydroxylation is 1. The zero-order valence-corrected chi connectivity index (χ0v) is 41.4. The Morgan fingerprint density at radius 3 is 2.56 bits per heavy atom. The third kappa shape index (κ3) is 8.70. The number of fused-ring (bicyclic) bond motifs is 2. The minimum Gasteiger partial charge on any atom is -0.504 e. The molecule has 0 amide bonds. The monoisotopic (exact) mass is 967 g/mol. The van der Waals surface area contributed by atoms with Crippen LogP contribution in [-0.2, 0) is 16.0 Å². The molecule has 2 heterocycles. The molecule has 0 aromatic heterocycles. The van der Waals surface area contributed by atoms with Crippen molar-refractivity contribution in [1.29, 1.82) is 0 Å². The number of hydrogen-bond donors (Lipinski definition) is 9. The van der Waals surface area contributed by atoms with Crippen molar-refractivity contribution >= 4 is 22.3 Å². The van der Waals surface area contributed by atoms with Crippen LogP contribution in [0.5, 0.6) is 11.5 Å². The third-order valence-electron chi connectivity index (χ3n) is 19.5. The number of piperidine rings is 1. The average Bonchev–Trinajstić information content (AvgIpc) is 3.41. The summed E-state index contributed by atoms with van der Waals surface area (Å²) in [7, 11) is 1.49. The summed E-state index contributed by atoms with van der Waals surface area (Å²) in [4.78, 5) is 27.8. The molecule has 2 aliphatic heterocycles. The number of dihydropyridines is 1. The van der Waals surface area contributed by atoms with Crippen molar-refractivity contribution in [1.82, 2.24) is 16.0 Å². The van der Waals surface area contributed by atoms with E-state index >= 15 is 0 Å². The van der Waals surface area contributed by atoms with Crippen LogP contribution in [0.15, 0.2) is 78.1 Å². The molecule has 8 aliphatic rings. The number of aromatic hydroxyl groups is 1. The lowest BCUT2D eigenvalue weighted by molar-refractivity contribution is -0.230. The van der Waals surface area contributed by atoms with E-state index in [0.29, 0.717) is 86.4 Å². The molecule has 6 fully saturated rings. The molecule has 11 rings (SSSR count). The Balaban J connectivity index is 0.885. The SMILES string of the molecule is CCNC1CCC2(O)CC3CC(=O)CC4NCC5CC(C6CCC7(C#CC(CC(O)C(O)CC(C8=CCNC(N)=C8)c8ccc9ccccc9c8)c8cc(O)c(OC)cc8CCC7=O)C(O)C6)C1C2C5C34. The number of aliphatic hydroxyl groups excluding tert-OH is 3. The number of aliphatic hydroxyl groups is 4. The van der Waals surface area contributed by atoms with Gasteiger partial charge in [0.05, 0.1) is 36.8 Å². The van der Waals surface area contributed by atoms with Crippen LogP contribution in [0.3, 0.4) is 0 Å². The molecule has 0 bridgehead atoms. The molecule has 12 heteroatoms. The number of ketones is 2. The van der Waals surface area contributed by atoms with Crippen LogP contribution in [0.25, 0.3) is 10.8 Å². The molecule has 6 aliphatic carbocycles. The van der Waals surface area contributed by atoms with Gasteiger partial charge in [0.25, 0.3) is 0 Å². The number of nitrogens with one attached hydrogen (secondary N) is 3. The summed E-state index contributed by atoms with van der Waals surface area (Å²) in [6.45, 7) is 4.38. The molecule has 0 radical (unpaired) electrons. The van der Waals surface area contributed by atoms with Gasteiger partial charge >= 0.3 is 0 Å². The molecule has 3 aromatic rings. The van der Waals surface area contributed by atoms with Gasteiger partial charge in [-0.3, -0.25) is 9.59 Å². The Morgan fingerprint density at radius 2 is 1.77 bits per heavy atom. The van der Waals surface area contributed by atoms with Crippen LogP contribution in [0.1, 0.15) is 112 Å². The van der Waals surface area contributed by atoms with Gasteiger partial charge in [-0.15, -0.1) is 0 Å². The fraction of sp³-hybridized carbons (Fsp3) is 0.593. The Kier molecular flexibility index (Phi) is 13.2. The zero-order valence-electron chi connectivity index (χ0n) is 41.4. The first-order valence-electron chi connectivity index (χ1n) is 26.9. The van der Waals surface area contributed by atoms with Crippen LogP contribution >= 0.6 is 0 Å². The lowest BCUT2D eigenvalue weighted by Gasteiger charge is -2.68. The van der Waals surface area contributed by atoms with Gasteiger partial charge in [0.1, 0.15) is 11.2 Å². The maximum absolute atomic E-state index is 14.8. The van der Waals surface area contributed by atoms with Gasteiger partial charge < -0.3 is 52.0 Å². The molecule has 3 aromatic carbocycles. The molecule has 5 saturated carbocycles. The quantitative estimate of drug-likeness (QED) is 0.103. The number of carbonyl (C=O) groups is 2. The Bertz CT molecular complexity index is 2670. The number of nitrogens with two attached hydrogens (primary N) is 1. The predicted octanol–water partition coefficient (Wildman–Crippen LogP) is 5.88. The van der Waals surface area contributed by atoms with Gasteiger partial charge in [-0.25, -0.2) is 0 Å². The van der Waals surface area contributed by atoms with Crippen molar-refractivity contribution in [3.05, 3.63) is 94.8 Å². The van der Waals surface area contributed by atoms with E-state index in [1.54, 1.807) is 12.1 Å². The van der Waals surface area contributed by atoms with Crippen molar-refractivity contribution in [2.24, 2.45) is 58.5 Å². The second-order valence-electron chi connectivity index (χ2n) is 23.1. The number of Topliss-reactive ketones (excluding diaryl/α,β-unsaturated/α-hetero) is 2. The highest BCUT2D eigenvalue weighted by Crippen LogP contribution is 2.66. The first-order valence-corrected chi connectivity index (χ1v) is 26.9. The summed E-state index contributed by atoms with van der Waals surface area (Å²) < 4.78 is 5.55. The highest BCUT2D eigenvalue weighted by Gasteiger charge is 2.67. The van der Waals surface area contributed by atoms with Crippen molar-refractivity contribution in [3.8, 4) is 23.3 Å². The number of carbonyl (C=O) groups excluding carboxylic acids is 2. The van der Waals surface area contributed by atoms with Gasteiger partial charge in [0, 0.05) is 49.7 Å². The highest BCUT2D eigenvalue weighted by molar-refractivity contribution is 5.89. The molecule has 10 N–H and O–H groups in total. The molecular weight excluding hydrogens is 893 g/mol. The van der Waals surface area contributed by atoms with Crippen molar-refractivity contribution in [3.63, 3.8) is 0 Å². The first kappa shape index (κ1) is 48.5. The van der Waals surface area contributed by atoms with E-state index in [1.165, 1.54) is 7.11 Å². The number of rotatable bonds is 11. The Hall–Kier alpha value is -4.74. The molecule has 17 unspecified atom stereocenters. The van der Waals surface area contributed by atoms with E-state index in [0.717, 1.165) is 59.8 Å². The Morgan fingerprint density at radius 1 is 0.944 bits per heavy atom.